The largest absolute Gasteiger partial charge is 0.506 e. The van der Waals surface area contributed by atoms with Crippen LogP contribution in [0.25, 0.3) is 0 Å². The maximum absolute atomic E-state index is 12.4. The van der Waals surface area contributed by atoms with Crippen LogP contribution in [0.1, 0.15) is 31.8 Å². The van der Waals surface area contributed by atoms with Crippen LogP contribution in [0.3, 0.4) is 0 Å². The van der Waals surface area contributed by atoms with Crippen molar-refractivity contribution in [3.63, 3.8) is 0 Å². The minimum Gasteiger partial charge on any atom is -0.506 e. The number of hydrogen-bond donors (Lipinski definition) is 2. The molecule has 2 aromatic carbocycles. The van der Waals surface area contributed by atoms with Gasteiger partial charge in [0.1, 0.15) is 5.75 Å². The summed E-state index contributed by atoms with van der Waals surface area (Å²) in [5.74, 6) is -0.954. The van der Waals surface area contributed by atoms with Gasteiger partial charge < -0.3 is 10.8 Å². The van der Waals surface area contributed by atoms with E-state index in [1.54, 1.807) is 12.1 Å². The van der Waals surface area contributed by atoms with Gasteiger partial charge in [-0.05, 0) is 34.1 Å². The lowest BCUT2D eigenvalue weighted by atomic mass is 9.83. The summed E-state index contributed by atoms with van der Waals surface area (Å²) in [5.41, 5.74) is 6.68. The number of nitrogen functional groups attached to an aromatic ring is 1. The highest BCUT2D eigenvalue weighted by Gasteiger charge is 2.33. The zero-order chi connectivity index (χ0) is 13.7. The molecule has 1 aliphatic rings. The molecule has 0 bridgehead atoms. The number of benzene rings is 2. The van der Waals surface area contributed by atoms with Gasteiger partial charge in [0.2, 0.25) is 0 Å². The molecule has 0 aliphatic heterocycles. The number of carbonyl (C=O) groups is 2. The van der Waals surface area contributed by atoms with Crippen molar-refractivity contribution in [1.29, 1.82) is 0 Å². The first-order valence-electron chi connectivity index (χ1n) is 5.51. The third-order valence-corrected chi connectivity index (χ3v) is 3.81. The number of aromatic hydroxyl groups is 1. The number of rotatable bonds is 0. The molecule has 0 amide bonds. The highest BCUT2D eigenvalue weighted by atomic mass is 79.9. The van der Waals surface area contributed by atoms with Crippen LogP contribution >= 0.6 is 15.9 Å². The minimum absolute atomic E-state index is 0.0254. The molecule has 5 heteroatoms. The van der Waals surface area contributed by atoms with E-state index in [9.17, 15) is 14.7 Å². The number of fused-ring (bicyclic) bond motifs is 2. The summed E-state index contributed by atoms with van der Waals surface area (Å²) in [6, 6.07) is 7.76. The van der Waals surface area contributed by atoms with Crippen LogP contribution in [0.15, 0.2) is 34.8 Å². The average molecular weight is 318 g/mol. The second-order valence-corrected chi connectivity index (χ2v) is 5.10. The number of phenolic OH excluding ortho intramolecular Hbond substituents is 1. The van der Waals surface area contributed by atoms with Crippen molar-refractivity contribution in [3.8, 4) is 5.75 Å². The van der Waals surface area contributed by atoms with E-state index in [0.29, 0.717) is 4.47 Å². The molecule has 1 aliphatic carbocycles. The van der Waals surface area contributed by atoms with Gasteiger partial charge in [-0.1, -0.05) is 12.1 Å². The van der Waals surface area contributed by atoms with E-state index in [2.05, 4.69) is 15.9 Å². The zero-order valence-electron chi connectivity index (χ0n) is 9.61. The Kier molecular flexibility index (Phi) is 2.46. The van der Waals surface area contributed by atoms with Crippen molar-refractivity contribution in [2.45, 2.75) is 0 Å². The maximum Gasteiger partial charge on any atom is 0.198 e. The summed E-state index contributed by atoms with van der Waals surface area (Å²) in [7, 11) is 0. The Morgan fingerprint density at radius 2 is 1.58 bits per heavy atom. The van der Waals surface area contributed by atoms with Crippen molar-refractivity contribution in [3.05, 3.63) is 57.1 Å². The fourth-order valence-corrected chi connectivity index (χ4v) is 2.60. The van der Waals surface area contributed by atoms with Crippen LogP contribution in [0.2, 0.25) is 0 Å². The Morgan fingerprint density at radius 1 is 0.947 bits per heavy atom. The van der Waals surface area contributed by atoms with E-state index in [0.717, 1.165) is 0 Å². The Labute approximate surface area is 117 Å². The maximum atomic E-state index is 12.4. The van der Waals surface area contributed by atoms with Gasteiger partial charge in [-0.2, -0.15) is 0 Å². The molecular weight excluding hydrogens is 310 g/mol. The molecule has 0 saturated carbocycles. The summed E-state index contributed by atoms with van der Waals surface area (Å²) in [6.07, 6.45) is 0. The fourth-order valence-electron chi connectivity index (χ4n) is 2.27. The lowest BCUT2D eigenvalue weighted by molar-refractivity contribution is 0.0977. The summed E-state index contributed by atoms with van der Waals surface area (Å²) >= 11 is 3.14. The lowest BCUT2D eigenvalue weighted by Crippen LogP contribution is -2.22. The average Bonchev–Trinajstić information content (AvgIpc) is 2.39. The van der Waals surface area contributed by atoms with Crippen molar-refractivity contribution in [2.24, 2.45) is 0 Å². The molecule has 0 spiro atoms. The van der Waals surface area contributed by atoms with Crippen LogP contribution in [-0.2, 0) is 0 Å². The van der Waals surface area contributed by atoms with Gasteiger partial charge in [-0.25, -0.2) is 0 Å². The van der Waals surface area contributed by atoms with E-state index >= 15 is 0 Å². The second-order valence-electron chi connectivity index (χ2n) is 4.25. The van der Waals surface area contributed by atoms with E-state index in [4.69, 9.17) is 5.73 Å². The summed E-state index contributed by atoms with van der Waals surface area (Å²) in [4.78, 5) is 24.8. The number of nitrogens with two attached hydrogens (primary N) is 1. The Bertz CT molecular complexity index is 753. The lowest BCUT2D eigenvalue weighted by Gasteiger charge is -2.19. The molecule has 19 heavy (non-hydrogen) atoms. The van der Waals surface area contributed by atoms with Crippen molar-refractivity contribution < 1.29 is 14.7 Å². The number of carbonyl (C=O) groups excluding carboxylic acids is 2. The molecule has 94 valence electrons. The molecule has 0 radical (unpaired) electrons. The fraction of sp³-hybridized carbons (Fsp3) is 0. The number of ketones is 2. The van der Waals surface area contributed by atoms with Crippen molar-refractivity contribution in [1.82, 2.24) is 0 Å². The highest BCUT2D eigenvalue weighted by molar-refractivity contribution is 9.10. The van der Waals surface area contributed by atoms with E-state index in [1.807, 2.05) is 0 Å². The monoisotopic (exact) mass is 317 g/mol. The second kappa shape index (κ2) is 3.93. The van der Waals surface area contributed by atoms with Gasteiger partial charge in [0.05, 0.1) is 15.6 Å². The van der Waals surface area contributed by atoms with Crippen LogP contribution in [-0.4, -0.2) is 16.7 Å². The third-order valence-electron chi connectivity index (χ3n) is 3.17. The Hall–Kier alpha value is -2.14. The molecule has 0 saturated heterocycles. The molecule has 0 aromatic heterocycles. The molecule has 0 fully saturated rings. The van der Waals surface area contributed by atoms with Crippen LogP contribution in [0.5, 0.6) is 5.75 Å². The van der Waals surface area contributed by atoms with Crippen LogP contribution < -0.4 is 5.73 Å². The summed E-state index contributed by atoms with van der Waals surface area (Å²) in [6.45, 7) is 0. The molecule has 0 atom stereocenters. The molecule has 0 unspecified atom stereocenters. The van der Waals surface area contributed by atoms with E-state index < -0.39 is 5.78 Å². The van der Waals surface area contributed by atoms with Gasteiger partial charge in [0, 0.05) is 16.8 Å². The number of phenols is 1. The number of hydrogen-bond acceptors (Lipinski definition) is 4. The topological polar surface area (TPSA) is 80.4 Å². The van der Waals surface area contributed by atoms with Crippen molar-refractivity contribution in [2.75, 3.05) is 5.73 Å². The zero-order valence-corrected chi connectivity index (χ0v) is 11.2. The molecule has 2 aromatic rings. The SMILES string of the molecule is Nc1cccc2c1C(=O)c1ccc(Br)c(O)c1C2=O. The highest BCUT2D eigenvalue weighted by Crippen LogP contribution is 2.38. The molecule has 3 N–H and O–H groups in total. The van der Waals surface area contributed by atoms with Gasteiger partial charge in [0.15, 0.2) is 11.6 Å². The third kappa shape index (κ3) is 1.51. The van der Waals surface area contributed by atoms with Gasteiger partial charge in [-0.3, -0.25) is 9.59 Å². The predicted octanol–water partition coefficient (Wildman–Crippen LogP) is 2.51. The summed E-state index contributed by atoms with van der Waals surface area (Å²) in [5, 5.41) is 9.98. The molecule has 3 rings (SSSR count). The summed E-state index contributed by atoms with van der Waals surface area (Å²) < 4.78 is 0.375. The van der Waals surface area contributed by atoms with E-state index in [-0.39, 0.29) is 39.5 Å². The smallest absolute Gasteiger partial charge is 0.198 e. The molecule has 0 heterocycles. The van der Waals surface area contributed by atoms with E-state index in [1.165, 1.54) is 18.2 Å². The van der Waals surface area contributed by atoms with Gasteiger partial charge in [0.25, 0.3) is 0 Å². The van der Waals surface area contributed by atoms with Crippen LogP contribution in [0.4, 0.5) is 5.69 Å². The minimum atomic E-state index is -0.393. The van der Waals surface area contributed by atoms with Crippen molar-refractivity contribution >= 4 is 33.2 Å². The quantitative estimate of drug-likeness (QED) is 0.624. The predicted molar refractivity (Wildman–Crippen MR) is 73.5 cm³/mol. The van der Waals surface area contributed by atoms with Gasteiger partial charge >= 0.3 is 0 Å². The first-order chi connectivity index (χ1) is 9.02. The number of halogens is 1. The first kappa shape index (κ1) is 11.9. The first-order valence-corrected chi connectivity index (χ1v) is 6.31. The normalized spacial score (nSPS) is 13.1. The van der Waals surface area contributed by atoms with Crippen LogP contribution in [0, 0.1) is 0 Å². The van der Waals surface area contributed by atoms with Gasteiger partial charge in [-0.15, -0.1) is 0 Å². The number of anilines is 1. The molecular formula is C14H8BrNO3. The Balaban J connectivity index is 2.40. The Morgan fingerprint density at radius 3 is 2.32 bits per heavy atom. The standard InChI is InChI=1S/C14H8BrNO3/c15-8-5-4-7-11(14(8)19)13(18)6-2-1-3-9(16)10(6)12(7)17/h1-5,19H,16H2. The molecule has 4 nitrogen and oxygen atoms in total.